The molecule has 0 aliphatic carbocycles. The van der Waals surface area contributed by atoms with Gasteiger partial charge in [-0.15, -0.1) is 0 Å². The van der Waals surface area contributed by atoms with E-state index >= 15 is 0 Å². The average Bonchev–Trinajstić information content (AvgIpc) is 2.69. The fraction of sp³-hybridized carbons (Fsp3) is 0.263. The van der Waals surface area contributed by atoms with Crippen LogP contribution >= 0.6 is 0 Å². The summed E-state index contributed by atoms with van der Waals surface area (Å²) < 4.78 is 28.2. The highest BCUT2D eigenvalue weighted by Crippen LogP contribution is 2.29. The lowest BCUT2D eigenvalue weighted by molar-refractivity contribution is -0.384. The first-order valence-corrected chi connectivity index (χ1v) is 8.47. The molecule has 10 heteroatoms. The maximum Gasteiger partial charge on any atom is 0.347 e. The number of hydrogen-bond acceptors (Lipinski definition) is 7. The van der Waals surface area contributed by atoms with Gasteiger partial charge >= 0.3 is 5.97 Å². The van der Waals surface area contributed by atoms with Gasteiger partial charge in [-0.2, -0.15) is 0 Å². The number of nitro groups is 1. The summed E-state index contributed by atoms with van der Waals surface area (Å²) in [4.78, 5) is 34.9. The number of rotatable bonds is 8. The van der Waals surface area contributed by atoms with E-state index in [1.54, 1.807) is 0 Å². The van der Waals surface area contributed by atoms with Gasteiger partial charge in [-0.1, -0.05) is 0 Å². The molecule has 2 atom stereocenters. The standard InChI is InChI=1S/C19H19FN2O7/c1-11(29-19(24)12(2)28-14-6-4-13(20)5-7-14)18(23)21-16-9-8-15(27-3)10-17(16)22(25)26/h4-12H,1-3H3,(H,21,23)/t11-,12+/m0/s1. The van der Waals surface area contributed by atoms with Crippen molar-refractivity contribution < 1.29 is 33.1 Å². The van der Waals surface area contributed by atoms with Gasteiger partial charge in [0.05, 0.1) is 18.1 Å². The van der Waals surface area contributed by atoms with Gasteiger partial charge in [0.2, 0.25) is 0 Å². The zero-order chi connectivity index (χ0) is 21.6. The molecular formula is C19H19FN2O7. The van der Waals surface area contributed by atoms with Crippen LogP contribution in [0, 0.1) is 15.9 Å². The van der Waals surface area contributed by atoms with Crippen LogP contribution < -0.4 is 14.8 Å². The molecular weight excluding hydrogens is 387 g/mol. The molecule has 2 aromatic carbocycles. The van der Waals surface area contributed by atoms with E-state index in [2.05, 4.69) is 5.32 Å². The van der Waals surface area contributed by atoms with E-state index in [9.17, 15) is 24.1 Å². The Labute approximate surface area is 165 Å². The first kappa shape index (κ1) is 21.6. The molecule has 1 amide bonds. The van der Waals surface area contributed by atoms with Crippen molar-refractivity contribution in [2.45, 2.75) is 26.1 Å². The van der Waals surface area contributed by atoms with Crippen molar-refractivity contribution in [3.05, 3.63) is 58.4 Å². The third kappa shape index (κ3) is 5.89. The SMILES string of the molecule is COc1ccc(NC(=O)[C@H](C)OC(=O)[C@@H](C)Oc2ccc(F)cc2)c([N+](=O)[O-])c1. The Morgan fingerprint density at radius 1 is 1.07 bits per heavy atom. The molecule has 0 radical (unpaired) electrons. The normalized spacial score (nSPS) is 12.4. The molecule has 0 bridgehead atoms. The van der Waals surface area contributed by atoms with Crippen LogP contribution in [0.15, 0.2) is 42.5 Å². The number of halogens is 1. The minimum absolute atomic E-state index is 0.0701. The highest BCUT2D eigenvalue weighted by molar-refractivity contribution is 5.97. The lowest BCUT2D eigenvalue weighted by atomic mass is 10.2. The zero-order valence-electron chi connectivity index (χ0n) is 15.9. The lowest BCUT2D eigenvalue weighted by Crippen LogP contribution is -2.35. The molecule has 2 aromatic rings. The third-order valence-corrected chi connectivity index (χ3v) is 3.78. The molecule has 2 rings (SSSR count). The van der Waals surface area contributed by atoms with Gasteiger partial charge in [-0.05, 0) is 50.2 Å². The van der Waals surface area contributed by atoms with Gasteiger partial charge < -0.3 is 19.5 Å². The Morgan fingerprint density at radius 2 is 1.69 bits per heavy atom. The van der Waals surface area contributed by atoms with E-state index in [1.807, 2.05) is 0 Å². The second-order valence-corrected chi connectivity index (χ2v) is 5.92. The summed E-state index contributed by atoms with van der Waals surface area (Å²) in [6.45, 7) is 2.72. The number of carbonyl (C=O) groups excluding carboxylic acids is 2. The molecule has 0 unspecified atom stereocenters. The highest BCUT2D eigenvalue weighted by Gasteiger charge is 2.25. The van der Waals surface area contributed by atoms with Gasteiger partial charge in [0.25, 0.3) is 11.6 Å². The van der Waals surface area contributed by atoms with Crippen LogP contribution in [0.4, 0.5) is 15.8 Å². The Kier molecular flexibility index (Phi) is 7.07. The Bertz CT molecular complexity index is 902. The summed E-state index contributed by atoms with van der Waals surface area (Å²) in [6, 6.07) is 8.94. The smallest absolute Gasteiger partial charge is 0.347 e. The van der Waals surface area contributed by atoms with E-state index in [1.165, 1.54) is 57.4 Å². The van der Waals surface area contributed by atoms with Gasteiger partial charge in [0.15, 0.2) is 12.2 Å². The maximum atomic E-state index is 12.9. The van der Waals surface area contributed by atoms with E-state index in [0.717, 1.165) is 6.07 Å². The minimum Gasteiger partial charge on any atom is -0.496 e. The predicted molar refractivity (Wildman–Crippen MR) is 100 cm³/mol. The van der Waals surface area contributed by atoms with Gasteiger partial charge in [-0.25, -0.2) is 9.18 Å². The van der Waals surface area contributed by atoms with Crippen LogP contribution in [-0.4, -0.2) is 36.1 Å². The number of esters is 1. The maximum absolute atomic E-state index is 12.9. The van der Waals surface area contributed by atoms with E-state index < -0.39 is 34.8 Å². The number of carbonyl (C=O) groups is 2. The van der Waals surface area contributed by atoms with Crippen LogP contribution in [0.25, 0.3) is 0 Å². The minimum atomic E-state index is -1.25. The number of amides is 1. The van der Waals surface area contributed by atoms with Gasteiger partial charge in [0.1, 0.15) is 23.0 Å². The van der Waals surface area contributed by atoms with E-state index in [0.29, 0.717) is 0 Å². The van der Waals surface area contributed by atoms with Crippen molar-refractivity contribution in [3.63, 3.8) is 0 Å². The molecule has 0 saturated heterocycles. The monoisotopic (exact) mass is 406 g/mol. The number of nitro benzene ring substituents is 1. The Morgan fingerprint density at radius 3 is 2.28 bits per heavy atom. The zero-order valence-corrected chi connectivity index (χ0v) is 15.9. The molecule has 154 valence electrons. The van der Waals surface area contributed by atoms with Crippen LogP contribution in [-0.2, 0) is 14.3 Å². The van der Waals surface area contributed by atoms with Crippen molar-refractivity contribution in [1.82, 2.24) is 0 Å². The first-order chi connectivity index (χ1) is 13.7. The molecule has 0 aliphatic heterocycles. The fourth-order valence-corrected chi connectivity index (χ4v) is 2.22. The van der Waals surface area contributed by atoms with E-state index in [-0.39, 0.29) is 22.9 Å². The van der Waals surface area contributed by atoms with Crippen molar-refractivity contribution in [2.24, 2.45) is 0 Å². The summed E-state index contributed by atoms with van der Waals surface area (Å²) >= 11 is 0. The molecule has 1 N–H and O–H groups in total. The number of hydrogen-bond donors (Lipinski definition) is 1. The number of ether oxygens (including phenoxy) is 3. The summed E-state index contributed by atoms with van der Waals surface area (Å²) in [7, 11) is 1.36. The summed E-state index contributed by atoms with van der Waals surface area (Å²) in [5.74, 6) is -1.55. The fourth-order valence-electron chi connectivity index (χ4n) is 2.22. The molecule has 0 aliphatic rings. The number of methoxy groups -OCH3 is 1. The third-order valence-electron chi connectivity index (χ3n) is 3.78. The second-order valence-electron chi connectivity index (χ2n) is 5.92. The molecule has 0 heterocycles. The summed E-state index contributed by atoms with van der Waals surface area (Å²) in [6.07, 6.45) is -2.31. The molecule has 29 heavy (non-hydrogen) atoms. The summed E-state index contributed by atoms with van der Waals surface area (Å²) in [5, 5.41) is 13.5. The molecule has 0 saturated carbocycles. The highest BCUT2D eigenvalue weighted by atomic mass is 19.1. The lowest BCUT2D eigenvalue weighted by Gasteiger charge is -2.18. The Balaban J connectivity index is 1.98. The van der Waals surface area contributed by atoms with Crippen LogP contribution in [0.5, 0.6) is 11.5 Å². The number of benzene rings is 2. The number of nitrogens with one attached hydrogen (secondary N) is 1. The predicted octanol–water partition coefficient (Wildman–Crippen LogP) is 3.08. The van der Waals surface area contributed by atoms with Crippen molar-refractivity contribution in [1.29, 1.82) is 0 Å². The quantitative estimate of drug-likeness (QED) is 0.407. The van der Waals surface area contributed by atoms with Crippen LogP contribution in [0.1, 0.15) is 13.8 Å². The van der Waals surface area contributed by atoms with Crippen molar-refractivity contribution in [3.8, 4) is 11.5 Å². The Hall–Kier alpha value is -3.69. The largest absolute Gasteiger partial charge is 0.496 e. The molecule has 0 spiro atoms. The molecule has 0 fully saturated rings. The summed E-state index contributed by atoms with van der Waals surface area (Å²) in [5.41, 5.74) is -0.441. The average molecular weight is 406 g/mol. The van der Waals surface area contributed by atoms with Crippen molar-refractivity contribution in [2.75, 3.05) is 12.4 Å². The molecule has 9 nitrogen and oxygen atoms in total. The topological polar surface area (TPSA) is 117 Å². The molecule has 0 aromatic heterocycles. The number of anilines is 1. The second kappa shape index (κ2) is 9.49. The van der Waals surface area contributed by atoms with Gasteiger partial charge in [-0.3, -0.25) is 14.9 Å². The van der Waals surface area contributed by atoms with Crippen LogP contribution in [0.3, 0.4) is 0 Å². The first-order valence-electron chi connectivity index (χ1n) is 8.47. The van der Waals surface area contributed by atoms with Gasteiger partial charge in [0, 0.05) is 0 Å². The van der Waals surface area contributed by atoms with Crippen molar-refractivity contribution >= 4 is 23.3 Å². The van der Waals surface area contributed by atoms with E-state index in [4.69, 9.17) is 14.2 Å². The number of nitrogens with zero attached hydrogens (tertiary/aromatic N) is 1. The van der Waals surface area contributed by atoms with Crippen LogP contribution in [0.2, 0.25) is 0 Å².